The highest BCUT2D eigenvalue weighted by Crippen LogP contribution is 2.17. The lowest BCUT2D eigenvalue weighted by Gasteiger charge is -2.28. The Morgan fingerprint density at radius 3 is 2.71 bits per heavy atom. The normalized spacial score (nSPS) is 28.0. The van der Waals surface area contributed by atoms with Crippen LogP contribution in [0.1, 0.15) is 33.1 Å². The minimum absolute atomic E-state index is 0.0704. The van der Waals surface area contributed by atoms with Gasteiger partial charge in [0.25, 0.3) is 0 Å². The maximum atomic E-state index is 12.2. The molecule has 0 aromatic heterocycles. The molecule has 2 aliphatic heterocycles. The molecule has 2 saturated heterocycles. The lowest BCUT2D eigenvalue weighted by Crippen LogP contribution is -2.45. The summed E-state index contributed by atoms with van der Waals surface area (Å²) in [5, 5.41) is 3.27. The molecule has 1 N–H and O–H groups in total. The van der Waals surface area contributed by atoms with Crippen LogP contribution in [-0.2, 0) is 4.79 Å². The number of rotatable bonds is 5. The van der Waals surface area contributed by atoms with Crippen LogP contribution in [0.2, 0.25) is 0 Å². The molecule has 17 heavy (non-hydrogen) atoms. The van der Waals surface area contributed by atoms with Crippen LogP contribution < -0.4 is 5.32 Å². The zero-order valence-corrected chi connectivity index (χ0v) is 11.1. The van der Waals surface area contributed by atoms with Crippen LogP contribution in [0.25, 0.3) is 0 Å². The third-order valence-electron chi connectivity index (χ3n) is 3.94. The van der Waals surface area contributed by atoms with E-state index < -0.39 is 0 Å². The highest BCUT2D eigenvalue weighted by molar-refractivity contribution is 5.84. The topological polar surface area (TPSA) is 35.6 Å². The Balaban J connectivity index is 1.83. The first-order valence-electron chi connectivity index (χ1n) is 6.98. The quantitative estimate of drug-likeness (QED) is 0.766. The Hall–Kier alpha value is -0.610. The number of carbonyl (C=O) groups is 1. The molecule has 0 aliphatic carbocycles. The average Bonchev–Trinajstić information content (AvgIpc) is 2.91. The van der Waals surface area contributed by atoms with E-state index in [9.17, 15) is 4.79 Å². The highest BCUT2D eigenvalue weighted by Gasteiger charge is 2.34. The Labute approximate surface area is 104 Å². The second-order valence-electron chi connectivity index (χ2n) is 5.29. The van der Waals surface area contributed by atoms with Crippen molar-refractivity contribution in [1.29, 1.82) is 0 Å². The summed E-state index contributed by atoms with van der Waals surface area (Å²) in [7, 11) is 0. The number of amides is 1. The second-order valence-corrected chi connectivity index (χ2v) is 5.29. The lowest BCUT2D eigenvalue weighted by atomic mass is 10.2. The Morgan fingerprint density at radius 2 is 2.06 bits per heavy atom. The first-order valence-corrected chi connectivity index (χ1v) is 6.98. The smallest absolute Gasteiger partial charge is 0.240 e. The minimum atomic E-state index is 0.0704. The third-order valence-corrected chi connectivity index (χ3v) is 3.94. The van der Waals surface area contributed by atoms with Gasteiger partial charge in [0, 0.05) is 19.1 Å². The van der Waals surface area contributed by atoms with Gasteiger partial charge in [-0.1, -0.05) is 6.92 Å². The molecule has 0 aromatic rings. The van der Waals surface area contributed by atoms with Crippen LogP contribution in [0.5, 0.6) is 0 Å². The number of likely N-dealkylation sites (tertiary alicyclic amines) is 2. The van der Waals surface area contributed by atoms with Gasteiger partial charge in [0.15, 0.2) is 0 Å². The van der Waals surface area contributed by atoms with Gasteiger partial charge in [0.05, 0.1) is 6.04 Å². The predicted molar refractivity (Wildman–Crippen MR) is 68.9 cm³/mol. The molecule has 0 aromatic carbocycles. The van der Waals surface area contributed by atoms with E-state index in [1.54, 1.807) is 0 Å². The zero-order valence-electron chi connectivity index (χ0n) is 11.1. The van der Waals surface area contributed by atoms with Gasteiger partial charge < -0.3 is 15.1 Å². The van der Waals surface area contributed by atoms with Crippen LogP contribution in [0.3, 0.4) is 0 Å². The van der Waals surface area contributed by atoms with Gasteiger partial charge in [0.1, 0.15) is 0 Å². The van der Waals surface area contributed by atoms with Crippen LogP contribution in [0.15, 0.2) is 0 Å². The van der Waals surface area contributed by atoms with Crippen molar-refractivity contribution in [2.24, 2.45) is 0 Å². The fraction of sp³-hybridized carbons (Fsp3) is 0.923. The summed E-state index contributed by atoms with van der Waals surface area (Å²) < 4.78 is 0. The van der Waals surface area contributed by atoms with E-state index in [4.69, 9.17) is 0 Å². The maximum absolute atomic E-state index is 12.2. The van der Waals surface area contributed by atoms with E-state index >= 15 is 0 Å². The molecule has 0 radical (unpaired) electrons. The highest BCUT2D eigenvalue weighted by atomic mass is 16.2. The number of nitrogens with one attached hydrogen (secondary N) is 1. The van der Waals surface area contributed by atoms with Gasteiger partial charge >= 0.3 is 0 Å². The summed E-state index contributed by atoms with van der Waals surface area (Å²) in [5.74, 6) is 0.304. The molecule has 4 heteroatoms. The molecule has 4 nitrogen and oxygen atoms in total. The Bertz CT molecular complexity index is 263. The van der Waals surface area contributed by atoms with E-state index in [1.165, 1.54) is 25.9 Å². The molecule has 2 heterocycles. The van der Waals surface area contributed by atoms with E-state index in [-0.39, 0.29) is 6.04 Å². The first-order chi connectivity index (χ1) is 8.22. The molecular weight excluding hydrogens is 214 g/mol. The van der Waals surface area contributed by atoms with Crippen LogP contribution >= 0.6 is 0 Å². The van der Waals surface area contributed by atoms with Crippen LogP contribution in [0, 0.1) is 0 Å². The van der Waals surface area contributed by atoms with Crippen molar-refractivity contribution in [3.8, 4) is 0 Å². The minimum Gasteiger partial charge on any atom is -0.337 e. The monoisotopic (exact) mass is 239 g/mol. The van der Waals surface area contributed by atoms with Crippen LogP contribution in [0.4, 0.5) is 0 Å². The molecule has 2 atom stereocenters. The molecule has 0 saturated carbocycles. The van der Waals surface area contributed by atoms with E-state index in [2.05, 4.69) is 29.0 Å². The molecule has 98 valence electrons. The zero-order chi connectivity index (χ0) is 12.3. The molecule has 0 bridgehead atoms. The fourth-order valence-electron chi connectivity index (χ4n) is 3.01. The van der Waals surface area contributed by atoms with E-state index in [1.807, 2.05) is 0 Å². The van der Waals surface area contributed by atoms with Gasteiger partial charge in [0.2, 0.25) is 5.91 Å². The summed E-state index contributed by atoms with van der Waals surface area (Å²) in [6.45, 7) is 9.51. The summed E-state index contributed by atoms with van der Waals surface area (Å²) in [6, 6.07) is 0.435. The summed E-state index contributed by atoms with van der Waals surface area (Å²) in [4.78, 5) is 16.7. The maximum Gasteiger partial charge on any atom is 0.240 e. The van der Waals surface area contributed by atoms with E-state index in [0.717, 1.165) is 26.1 Å². The first kappa shape index (κ1) is 12.8. The standard InChI is InChI=1S/C13H25N3O/c1-3-14-12-6-9-16(13(12)17)11(2)10-15-7-4-5-8-15/h11-12,14H,3-10H2,1-2H3. The van der Waals surface area contributed by atoms with E-state index in [0.29, 0.717) is 11.9 Å². The molecule has 2 aliphatic rings. The van der Waals surface area contributed by atoms with Crippen LogP contribution in [-0.4, -0.2) is 60.5 Å². The van der Waals surface area contributed by atoms with Gasteiger partial charge in [-0.3, -0.25) is 4.79 Å². The average molecular weight is 239 g/mol. The van der Waals surface area contributed by atoms with Crippen molar-refractivity contribution in [1.82, 2.24) is 15.1 Å². The third kappa shape index (κ3) is 2.99. The Morgan fingerprint density at radius 1 is 1.35 bits per heavy atom. The van der Waals surface area contributed by atoms with Gasteiger partial charge in [-0.15, -0.1) is 0 Å². The predicted octanol–water partition coefficient (Wildman–Crippen LogP) is 0.681. The van der Waals surface area contributed by atoms with Gasteiger partial charge in [-0.25, -0.2) is 0 Å². The molecular formula is C13H25N3O. The lowest BCUT2D eigenvalue weighted by molar-refractivity contribution is -0.131. The summed E-state index contributed by atoms with van der Waals surface area (Å²) >= 11 is 0. The van der Waals surface area contributed by atoms with Crippen molar-refractivity contribution in [2.75, 3.05) is 32.7 Å². The van der Waals surface area contributed by atoms with Gasteiger partial charge in [-0.2, -0.15) is 0 Å². The SMILES string of the molecule is CCNC1CCN(C(C)CN2CCCC2)C1=O. The number of hydrogen-bond donors (Lipinski definition) is 1. The molecule has 2 rings (SSSR count). The summed E-state index contributed by atoms with van der Waals surface area (Å²) in [5.41, 5.74) is 0. The number of carbonyl (C=O) groups excluding carboxylic acids is 1. The number of likely N-dealkylation sites (N-methyl/N-ethyl adjacent to an activating group) is 1. The molecule has 1 amide bonds. The van der Waals surface area contributed by atoms with Crippen molar-refractivity contribution >= 4 is 5.91 Å². The van der Waals surface area contributed by atoms with Crippen molar-refractivity contribution in [3.05, 3.63) is 0 Å². The second kappa shape index (κ2) is 5.83. The van der Waals surface area contributed by atoms with Crippen molar-refractivity contribution < 1.29 is 4.79 Å². The fourth-order valence-corrected chi connectivity index (χ4v) is 3.01. The number of hydrogen-bond acceptors (Lipinski definition) is 3. The Kier molecular flexibility index (Phi) is 4.40. The largest absolute Gasteiger partial charge is 0.337 e. The van der Waals surface area contributed by atoms with Crippen molar-refractivity contribution in [3.63, 3.8) is 0 Å². The molecule has 2 fully saturated rings. The van der Waals surface area contributed by atoms with Crippen molar-refractivity contribution in [2.45, 2.75) is 45.2 Å². The molecule has 2 unspecified atom stereocenters. The summed E-state index contributed by atoms with van der Waals surface area (Å²) in [6.07, 6.45) is 3.61. The molecule has 0 spiro atoms. The number of nitrogens with zero attached hydrogens (tertiary/aromatic N) is 2. The van der Waals surface area contributed by atoms with Gasteiger partial charge in [-0.05, 0) is 45.8 Å².